The summed E-state index contributed by atoms with van der Waals surface area (Å²) >= 11 is 0. The van der Waals surface area contributed by atoms with Gasteiger partial charge in [0, 0.05) is 6.04 Å². The maximum Gasteiger partial charge on any atom is 0.0151 e. The van der Waals surface area contributed by atoms with Crippen molar-refractivity contribution < 1.29 is 0 Å². The molecule has 2 aliphatic carbocycles. The molecule has 13 heavy (non-hydrogen) atoms. The first-order valence-electron chi connectivity index (χ1n) is 5.56. The third-order valence-electron chi connectivity index (χ3n) is 5.37. The van der Waals surface area contributed by atoms with Crippen LogP contribution in [-0.2, 0) is 0 Å². The van der Waals surface area contributed by atoms with E-state index in [2.05, 4.69) is 39.8 Å². The molecule has 2 saturated carbocycles. The monoisotopic (exact) mass is 181 g/mol. The molecule has 2 aliphatic rings. The minimum absolute atomic E-state index is 0.571. The maximum atomic E-state index is 2.50. The number of nitrogens with zero attached hydrogens (tertiary/aromatic N) is 1. The molecule has 1 nitrogen and oxygen atoms in total. The van der Waals surface area contributed by atoms with Crippen LogP contribution in [0.15, 0.2) is 0 Å². The predicted molar refractivity (Wildman–Crippen MR) is 56.7 cm³/mol. The standard InChI is InChI=1S/C12H23N/c1-11(2)9-6-7-12(11,3)10(8-9)13(4)5/h9-10H,6-8H2,1-5H3/t9-,10-,12+/m0/s1. The van der Waals surface area contributed by atoms with E-state index in [1.54, 1.807) is 0 Å². The van der Waals surface area contributed by atoms with Gasteiger partial charge in [0.2, 0.25) is 0 Å². The van der Waals surface area contributed by atoms with Crippen molar-refractivity contribution in [1.82, 2.24) is 4.90 Å². The van der Waals surface area contributed by atoms with Gasteiger partial charge < -0.3 is 4.90 Å². The van der Waals surface area contributed by atoms with Crippen LogP contribution < -0.4 is 0 Å². The molecule has 1 heteroatoms. The average Bonchev–Trinajstić information content (AvgIpc) is 2.34. The van der Waals surface area contributed by atoms with Crippen LogP contribution in [0.2, 0.25) is 0 Å². The molecule has 0 unspecified atom stereocenters. The number of hydrogen-bond acceptors (Lipinski definition) is 1. The SMILES string of the molecule is CN(C)[C@H]1C[C@@H]2CC[C@@]1(C)C2(C)C. The minimum Gasteiger partial charge on any atom is -0.306 e. The summed E-state index contributed by atoms with van der Waals surface area (Å²) in [5.41, 5.74) is 1.14. The lowest BCUT2D eigenvalue weighted by atomic mass is 9.69. The van der Waals surface area contributed by atoms with Crippen LogP contribution in [0.4, 0.5) is 0 Å². The average molecular weight is 181 g/mol. The zero-order chi connectivity index (χ0) is 9.85. The van der Waals surface area contributed by atoms with Gasteiger partial charge in [-0.05, 0) is 50.1 Å². The third-order valence-corrected chi connectivity index (χ3v) is 5.37. The normalized spacial score (nSPS) is 47.5. The summed E-state index contributed by atoms with van der Waals surface area (Å²) in [7, 11) is 4.49. The number of rotatable bonds is 1. The van der Waals surface area contributed by atoms with Crippen LogP contribution in [0.5, 0.6) is 0 Å². The number of hydrogen-bond donors (Lipinski definition) is 0. The van der Waals surface area contributed by atoms with Gasteiger partial charge in [-0.25, -0.2) is 0 Å². The highest BCUT2D eigenvalue weighted by Gasteiger charge is 2.61. The van der Waals surface area contributed by atoms with Crippen LogP contribution in [-0.4, -0.2) is 25.0 Å². The van der Waals surface area contributed by atoms with E-state index in [-0.39, 0.29) is 0 Å². The van der Waals surface area contributed by atoms with Gasteiger partial charge in [-0.15, -0.1) is 0 Å². The Balaban J connectivity index is 2.33. The fourth-order valence-electron chi connectivity index (χ4n) is 3.94. The zero-order valence-electron chi connectivity index (χ0n) is 9.72. The van der Waals surface area contributed by atoms with Gasteiger partial charge in [-0.2, -0.15) is 0 Å². The molecule has 0 amide bonds. The molecule has 0 aromatic rings. The lowest BCUT2D eigenvalue weighted by Gasteiger charge is -2.42. The van der Waals surface area contributed by atoms with Gasteiger partial charge in [0.25, 0.3) is 0 Å². The maximum absolute atomic E-state index is 2.50. The molecule has 0 aromatic carbocycles. The van der Waals surface area contributed by atoms with Crippen molar-refractivity contribution >= 4 is 0 Å². The topological polar surface area (TPSA) is 3.24 Å². The second kappa shape index (κ2) is 2.50. The molecule has 0 N–H and O–H groups in total. The highest BCUT2D eigenvalue weighted by molar-refractivity contribution is 5.12. The minimum atomic E-state index is 0.571. The van der Waals surface area contributed by atoms with Crippen LogP contribution in [0.25, 0.3) is 0 Å². The molecule has 0 heterocycles. The van der Waals surface area contributed by atoms with Crippen LogP contribution >= 0.6 is 0 Å². The molecule has 2 fully saturated rings. The van der Waals surface area contributed by atoms with Gasteiger partial charge >= 0.3 is 0 Å². The lowest BCUT2D eigenvalue weighted by molar-refractivity contribution is 0.0715. The second-order valence-electron chi connectivity index (χ2n) is 6.09. The van der Waals surface area contributed by atoms with Crippen molar-refractivity contribution in [3.63, 3.8) is 0 Å². The molecule has 0 saturated heterocycles. The van der Waals surface area contributed by atoms with Gasteiger partial charge in [-0.3, -0.25) is 0 Å². The largest absolute Gasteiger partial charge is 0.306 e. The Morgan fingerprint density at radius 3 is 2.00 bits per heavy atom. The predicted octanol–water partition coefficient (Wildman–Crippen LogP) is 2.76. The van der Waals surface area contributed by atoms with E-state index in [9.17, 15) is 0 Å². The van der Waals surface area contributed by atoms with Crippen molar-refractivity contribution in [2.24, 2.45) is 16.7 Å². The molecule has 76 valence electrons. The Kier molecular flexibility index (Phi) is 1.83. The van der Waals surface area contributed by atoms with Crippen molar-refractivity contribution in [2.75, 3.05) is 14.1 Å². The Morgan fingerprint density at radius 2 is 1.77 bits per heavy atom. The molecule has 0 aliphatic heterocycles. The lowest BCUT2D eigenvalue weighted by Crippen LogP contribution is -2.43. The molecule has 0 radical (unpaired) electrons. The Hall–Kier alpha value is -0.0400. The fraction of sp³-hybridized carbons (Fsp3) is 1.00. The molecular formula is C12H23N. The first kappa shape index (κ1) is 9.51. The second-order valence-corrected chi connectivity index (χ2v) is 6.09. The molecule has 2 bridgehead atoms. The van der Waals surface area contributed by atoms with E-state index < -0.39 is 0 Å². The summed E-state index contributed by atoms with van der Waals surface area (Å²) in [6.45, 7) is 7.47. The van der Waals surface area contributed by atoms with Crippen molar-refractivity contribution in [1.29, 1.82) is 0 Å². The van der Waals surface area contributed by atoms with E-state index in [0.29, 0.717) is 10.8 Å². The van der Waals surface area contributed by atoms with E-state index in [0.717, 1.165) is 12.0 Å². The smallest absolute Gasteiger partial charge is 0.0151 e. The quantitative estimate of drug-likeness (QED) is 0.601. The molecular weight excluding hydrogens is 158 g/mol. The Bertz CT molecular complexity index is 219. The fourth-order valence-corrected chi connectivity index (χ4v) is 3.94. The summed E-state index contributed by atoms with van der Waals surface area (Å²) in [6, 6.07) is 0.821. The summed E-state index contributed by atoms with van der Waals surface area (Å²) in [5.74, 6) is 0.977. The van der Waals surface area contributed by atoms with Crippen molar-refractivity contribution in [2.45, 2.75) is 46.1 Å². The summed E-state index contributed by atoms with van der Waals surface area (Å²) in [4.78, 5) is 2.45. The number of fused-ring (bicyclic) bond motifs is 2. The Labute approximate surface area is 82.5 Å². The van der Waals surface area contributed by atoms with E-state index in [1.165, 1.54) is 19.3 Å². The summed E-state index contributed by atoms with van der Waals surface area (Å²) < 4.78 is 0. The third kappa shape index (κ3) is 0.971. The molecule has 2 rings (SSSR count). The van der Waals surface area contributed by atoms with Crippen molar-refractivity contribution in [3.8, 4) is 0 Å². The van der Waals surface area contributed by atoms with Crippen molar-refractivity contribution in [3.05, 3.63) is 0 Å². The molecule has 0 spiro atoms. The van der Waals surface area contributed by atoms with Gasteiger partial charge in [-0.1, -0.05) is 20.8 Å². The molecule has 0 aromatic heterocycles. The highest BCUT2D eigenvalue weighted by Crippen LogP contribution is 2.66. The summed E-state index contributed by atoms with van der Waals surface area (Å²) in [5, 5.41) is 0. The van der Waals surface area contributed by atoms with Gasteiger partial charge in [0.1, 0.15) is 0 Å². The zero-order valence-corrected chi connectivity index (χ0v) is 9.72. The first-order valence-corrected chi connectivity index (χ1v) is 5.56. The summed E-state index contributed by atoms with van der Waals surface area (Å²) in [6.07, 6.45) is 4.33. The van der Waals surface area contributed by atoms with Crippen LogP contribution in [0.1, 0.15) is 40.0 Å². The molecule has 3 atom stereocenters. The Morgan fingerprint density at radius 1 is 1.15 bits per heavy atom. The first-order chi connectivity index (χ1) is 5.89. The van der Waals surface area contributed by atoms with E-state index >= 15 is 0 Å². The highest BCUT2D eigenvalue weighted by atomic mass is 15.1. The van der Waals surface area contributed by atoms with Gasteiger partial charge in [0.05, 0.1) is 0 Å². The van der Waals surface area contributed by atoms with Crippen LogP contribution in [0.3, 0.4) is 0 Å². The van der Waals surface area contributed by atoms with Gasteiger partial charge in [0.15, 0.2) is 0 Å². The van der Waals surface area contributed by atoms with E-state index in [4.69, 9.17) is 0 Å². The van der Waals surface area contributed by atoms with Crippen LogP contribution in [0, 0.1) is 16.7 Å². The van der Waals surface area contributed by atoms with E-state index in [1.807, 2.05) is 0 Å².